The molecule has 2 aromatic carbocycles. The van der Waals surface area contributed by atoms with Gasteiger partial charge < -0.3 is 68.9 Å². The molecule has 2 heterocycles. The molecule has 2 saturated heterocycles. The molecule has 4 rings (SSSR count). The van der Waals surface area contributed by atoms with Crippen molar-refractivity contribution < 1.29 is 68.9 Å². The van der Waals surface area contributed by atoms with Gasteiger partial charge in [0.2, 0.25) is 11.5 Å². The molecule has 0 amide bonds. The fraction of sp³-hybridized carbons (Fsp3) is 0.571. The molecule has 0 saturated carbocycles. The molecule has 0 radical (unpaired) electrons. The van der Waals surface area contributed by atoms with E-state index >= 15 is 0 Å². The Labute approximate surface area is 242 Å². The third-order valence-corrected chi connectivity index (χ3v) is 7.79. The van der Waals surface area contributed by atoms with Crippen LogP contribution in [0.3, 0.4) is 0 Å². The average molecular weight is 599 g/mol. The van der Waals surface area contributed by atoms with Crippen LogP contribution in [0.15, 0.2) is 24.3 Å². The summed E-state index contributed by atoms with van der Waals surface area (Å²) in [5.41, 5.74) is 1.01. The average Bonchev–Trinajstić information content (AvgIpc) is 3.38. The van der Waals surface area contributed by atoms with E-state index in [1.54, 1.807) is 24.3 Å². The number of rotatable bonds is 11. The third-order valence-electron chi connectivity index (χ3n) is 7.79. The Morgan fingerprint density at radius 2 is 1.07 bits per heavy atom. The summed E-state index contributed by atoms with van der Waals surface area (Å²) in [6.45, 7) is -1.20. The first kappa shape index (κ1) is 31.8. The Morgan fingerprint density at radius 3 is 1.48 bits per heavy atom. The molecule has 2 aliphatic heterocycles. The maximum atomic E-state index is 10.6. The molecule has 2 aromatic rings. The van der Waals surface area contributed by atoms with Crippen molar-refractivity contribution in [1.29, 1.82) is 0 Å². The fourth-order valence-corrected chi connectivity index (χ4v) is 5.47. The van der Waals surface area contributed by atoms with Crippen LogP contribution in [-0.2, 0) is 14.2 Å². The van der Waals surface area contributed by atoms with Gasteiger partial charge in [-0.25, -0.2) is 0 Å². The quantitative estimate of drug-likeness (QED) is 0.182. The number of aromatic hydroxyl groups is 2. The van der Waals surface area contributed by atoms with Crippen LogP contribution in [0.2, 0.25) is 0 Å². The zero-order chi connectivity index (χ0) is 30.7. The molecule has 0 aromatic heterocycles. The minimum absolute atomic E-state index is 0.110. The lowest BCUT2D eigenvalue weighted by molar-refractivity contribution is -0.304. The van der Waals surface area contributed by atoms with Crippen molar-refractivity contribution in [3.05, 3.63) is 35.4 Å². The summed E-state index contributed by atoms with van der Waals surface area (Å²) in [6.07, 6.45) is -9.03. The van der Waals surface area contributed by atoms with E-state index in [0.717, 1.165) is 0 Å². The van der Waals surface area contributed by atoms with Crippen LogP contribution < -0.4 is 18.9 Å². The van der Waals surface area contributed by atoms with Gasteiger partial charge in [-0.15, -0.1) is 0 Å². The van der Waals surface area contributed by atoms with Gasteiger partial charge >= 0.3 is 0 Å². The number of ether oxygens (including phenoxy) is 7. The lowest BCUT2D eigenvalue weighted by Gasteiger charge is -2.40. The second kappa shape index (κ2) is 13.5. The lowest BCUT2D eigenvalue weighted by atomic mass is 9.83. The summed E-state index contributed by atoms with van der Waals surface area (Å²) < 4.78 is 39.2. The van der Waals surface area contributed by atoms with E-state index in [1.807, 2.05) is 0 Å². The normalized spacial score (nSPS) is 31.1. The van der Waals surface area contributed by atoms with E-state index in [1.165, 1.54) is 28.4 Å². The first-order valence-corrected chi connectivity index (χ1v) is 13.2. The van der Waals surface area contributed by atoms with Gasteiger partial charge in [0.25, 0.3) is 0 Å². The number of aliphatic hydroxyl groups is 5. The van der Waals surface area contributed by atoms with Gasteiger partial charge in [0.15, 0.2) is 29.3 Å². The number of phenols is 2. The second-order valence-electron chi connectivity index (χ2n) is 10.1. The van der Waals surface area contributed by atoms with Crippen LogP contribution in [0.1, 0.15) is 23.3 Å². The minimum atomic E-state index is -1.64. The van der Waals surface area contributed by atoms with Crippen LogP contribution >= 0.6 is 0 Å². The maximum Gasteiger partial charge on any atom is 0.200 e. The van der Waals surface area contributed by atoms with Crippen LogP contribution in [-0.4, -0.2) is 115 Å². The van der Waals surface area contributed by atoms with Crippen LogP contribution in [0.5, 0.6) is 34.5 Å². The maximum absolute atomic E-state index is 10.6. The molecule has 14 nitrogen and oxygen atoms in total. The summed E-state index contributed by atoms with van der Waals surface area (Å²) in [4.78, 5) is 0. The summed E-state index contributed by atoms with van der Waals surface area (Å²) in [5, 5.41) is 71.9. The lowest BCUT2D eigenvalue weighted by Crippen LogP contribution is -2.59. The van der Waals surface area contributed by atoms with Crippen LogP contribution in [0.4, 0.5) is 0 Å². The van der Waals surface area contributed by atoms with Crippen molar-refractivity contribution in [1.82, 2.24) is 0 Å². The van der Waals surface area contributed by atoms with E-state index in [4.69, 9.17) is 33.2 Å². The monoisotopic (exact) mass is 598 g/mol. The summed E-state index contributed by atoms with van der Waals surface area (Å²) in [7, 11) is 5.52. The summed E-state index contributed by atoms with van der Waals surface area (Å²) >= 11 is 0. The fourth-order valence-electron chi connectivity index (χ4n) is 5.47. The Kier molecular flexibility index (Phi) is 10.2. The highest BCUT2D eigenvalue weighted by Gasteiger charge is 2.49. The standard InChI is InChI=1S/C28H38O14/c1-36-16-5-12(6-17(37-2)21(16)31)26-14(9-29)15(11-40-28-25(35)24(34)23(33)20(10-30)41-28)27(42-26)13-7-18(38-3)22(32)19(8-13)39-4/h5-8,14-15,20,23-35H,9-11H2,1-4H3. The predicted molar refractivity (Wildman–Crippen MR) is 143 cm³/mol. The Morgan fingerprint density at radius 1 is 0.619 bits per heavy atom. The molecule has 0 bridgehead atoms. The molecule has 7 N–H and O–H groups in total. The van der Waals surface area contributed by atoms with Gasteiger partial charge in [-0.05, 0) is 35.4 Å². The number of hydrogen-bond acceptors (Lipinski definition) is 14. The number of hydrogen-bond donors (Lipinski definition) is 7. The van der Waals surface area contributed by atoms with E-state index in [9.17, 15) is 35.7 Å². The van der Waals surface area contributed by atoms with Crippen molar-refractivity contribution >= 4 is 0 Å². The largest absolute Gasteiger partial charge is 0.502 e. The van der Waals surface area contributed by atoms with Crippen LogP contribution in [0.25, 0.3) is 0 Å². The van der Waals surface area contributed by atoms with Gasteiger partial charge in [0.05, 0.1) is 53.9 Å². The first-order chi connectivity index (χ1) is 20.1. The van der Waals surface area contributed by atoms with Gasteiger partial charge in [0, 0.05) is 18.4 Å². The van der Waals surface area contributed by atoms with E-state index in [0.29, 0.717) is 11.1 Å². The van der Waals surface area contributed by atoms with Crippen molar-refractivity contribution in [2.45, 2.75) is 42.9 Å². The van der Waals surface area contributed by atoms with E-state index < -0.39 is 61.4 Å². The topological polar surface area (TPSA) is 206 Å². The molecule has 2 fully saturated rings. The van der Waals surface area contributed by atoms with Crippen molar-refractivity contribution in [3.63, 3.8) is 0 Å². The molecule has 9 atom stereocenters. The Bertz CT molecular complexity index is 1160. The zero-order valence-corrected chi connectivity index (χ0v) is 23.6. The SMILES string of the molecule is COc1cc(C2OC(c3cc(OC)c(O)c(OC)c3)C(COC3OC(CO)C(O)C(O)C3O)C2CO)cc(OC)c1O. The Balaban J connectivity index is 1.74. The van der Waals surface area contributed by atoms with Crippen molar-refractivity contribution in [2.75, 3.05) is 48.3 Å². The Hall–Kier alpha value is -3.08. The third kappa shape index (κ3) is 5.89. The zero-order valence-electron chi connectivity index (χ0n) is 23.6. The van der Waals surface area contributed by atoms with E-state index in [-0.39, 0.29) is 47.7 Å². The number of benzene rings is 2. The van der Waals surface area contributed by atoms with Gasteiger partial charge in [-0.2, -0.15) is 0 Å². The first-order valence-electron chi connectivity index (χ1n) is 13.2. The molecule has 0 spiro atoms. The highest BCUT2D eigenvalue weighted by atomic mass is 16.7. The smallest absolute Gasteiger partial charge is 0.200 e. The second-order valence-corrected chi connectivity index (χ2v) is 10.1. The molecular weight excluding hydrogens is 560 g/mol. The molecule has 234 valence electrons. The van der Waals surface area contributed by atoms with Crippen LogP contribution in [0, 0.1) is 11.8 Å². The molecule has 2 aliphatic rings. The predicted octanol–water partition coefficient (Wildman–Crippen LogP) is -0.0140. The number of aliphatic hydroxyl groups excluding tert-OH is 5. The number of methoxy groups -OCH3 is 4. The summed E-state index contributed by atoms with van der Waals surface area (Å²) in [6, 6.07) is 6.22. The minimum Gasteiger partial charge on any atom is -0.502 e. The van der Waals surface area contributed by atoms with E-state index in [2.05, 4.69) is 0 Å². The molecule has 9 unspecified atom stereocenters. The molecule has 14 heteroatoms. The molecule has 0 aliphatic carbocycles. The van der Waals surface area contributed by atoms with Gasteiger partial charge in [0.1, 0.15) is 24.4 Å². The summed E-state index contributed by atoms with van der Waals surface area (Å²) in [5.74, 6) is -1.27. The molecular formula is C28H38O14. The number of phenolic OH excluding ortho intramolecular Hbond substituents is 2. The van der Waals surface area contributed by atoms with Crippen molar-refractivity contribution in [2.24, 2.45) is 11.8 Å². The highest BCUT2D eigenvalue weighted by Crippen LogP contribution is 2.53. The van der Waals surface area contributed by atoms with Gasteiger partial charge in [-0.1, -0.05) is 0 Å². The van der Waals surface area contributed by atoms with Gasteiger partial charge in [-0.3, -0.25) is 0 Å². The highest BCUT2D eigenvalue weighted by molar-refractivity contribution is 5.55. The molecule has 42 heavy (non-hydrogen) atoms. The van der Waals surface area contributed by atoms with Crippen molar-refractivity contribution in [3.8, 4) is 34.5 Å².